The predicted octanol–water partition coefficient (Wildman–Crippen LogP) is 0.654. The van der Waals surface area contributed by atoms with Gasteiger partial charge in [-0.05, 0) is 24.1 Å². The first-order valence-electron chi connectivity index (χ1n) is 7.16. The van der Waals surface area contributed by atoms with Gasteiger partial charge < -0.3 is 15.0 Å². The molecule has 1 aromatic carbocycles. The van der Waals surface area contributed by atoms with Gasteiger partial charge in [-0.3, -0.25) is 0 Å². The van der Waals surface area contributed by atoms with Crippen molar-refractivity contribution in [3.05, 3.63) is 29.8 Å². The lowest BCUT2D eigenvalue weighted by atomic mass is 10.2. The van der Waals surface area contributed by atoms with Crippen LogP contribution in [0.5, 0.6) is 0 Å². The second-order valence-corrected chi connectivity index (χ2v) is 6.76. The zero-order valence-corrected chi connectivity index (χ0v) is 13.3. The van der Waals surface area contributed by atoms with Crippen LogP contribution in [-0.2, 0) is 21.3 Å². The number of hydrogen-bond donors (Lipinski definition) is 2. The van der Waals surface area contributed by atoms with E-state index in [0.717, 1.165) is 12.0 Å². The van der Waals surface area contributed by atoms with Gasteiger partial charge >= 0.3 is 6.03 Å². The van der Waals surface area contributed by atoms with Crippen molar-refractivity contribution < 1.29 is 17.9 Å². The van der Waals surface area contributed by atoms with Crippen LogP contribution >= 0.6 is 0 Å². The summed E-state index contributed by atoms with van der Waals surface area (Å²) < 4.78 is 27.9. The Hall–Kier alpha value is -1.64. The highest BCUT2D eigenvalue weighted by molar-refractivity contribution is 7.89. The van der Waals surface area contributed by atoms with Gasteiger partial charge in [-0.15, -0.1) is 0 Å². The molecule has 0 aliphatic carbocycles. The van der Waals surface area contributed by atoms with Crippen LogP contribution in [0.25, 0.3) is 0 Å². The highest BCUT2D eigenvalue weighted by Gasteiger charge is 2.22. The number of sulfonamides is 1. The predicted molar refractivity (Wildman–Crippen MR) is 81.7 cm³/mol. The molecule has 1 atom stereocenters. The Bertz CT molecular complexity index is 615. The third kappa shape index (κ3) is 4.43. The van der Waals surface area contributed by atoms with Crippen LogP contribution in [0.1, 0.15) is 18.9 Å². The summed E-state index contributed by atoms with van der Waals surface area (Å²) >= 11 is 0. The quantitative estimate of drug-likeness (QED) is 0.848. The zero-order chi connectivity index (χ0) is 16.2. The highest BCUT2D eigenvalue weighted by atomic mass is 32.2. The van der Waals surface area contributed by atoms with E-state index in [0.29, 0.717) is 26.2 Å². The van der Waals surface area contributed by atoms with Gasteiger partial charge in [-0.2, -0.15) is 0 Å². The van der Waals surface area contributed by atoms with E-state index >= 15 is 0 Å². The Morgan fingerprint density at radius 1 is 1.41 bits per heavy atom. The summed E-state index contributed by atoms with van der Waals surface area (Å²) in [5.74, 6) is 0. The largest absolute Gasteiger partial charge is 0.375 e. The van der Waals surface area contributed by atoms with Crippen LogP contribution in [0, 0.1) is 0 Å². The van der Waals surface area contributed by atoms with Crippen molar-refractivity contribution >= 4 is 16.1 Å². The van der Waals surface area contributed by atoms with Gasteiger partial charge in [0.1, 0.15) is 0 Å². The van der Waals surface area contributed by atoms with E-state index in [1.54, 1.807) is 17.0 Å². The maximum absolute atomic E-state index is 12.1. The SMILES string of the molecule is CC[C@H]1CN(C(=O)NCc2ccc(S(N)(=O)=O)cc2)CCO1. The summed E-state index contributed by atoms with van der Waals surface area (Å²) in [5, 5.41) is 7.86. The molecule has 1 heterocycles. The van der Waals surface area contributed by atoms with Crippen LogP contribution in [0.15, 0.2) is 29.2 Å². The molecule has 7 nitrogen and oxygen atoms in total. The molecular formula is C14H21N3O4S. The maximum atomic E-state index is 12.1. The lowest BCUT2D eigenvalue weighted by molar-refractivity contribution is -0.0154. The summed E-state index contributed by atoms with van der Waals surface area (Å²) in [6.45, 7) is 4.07. The van der Waals surface area contributed by atoms with Gasteiger partial charge in [0.05, 0.1) is 17.6 Å². The van der Waals surface area contributed by atoms with E-state index in [9.17, 15) is 13.2 Å². The number of amides is 2. The van der Waals surface area contributed by atoms with Crippen molar-refractivity contribution in [3.63, 3.8) is 0 Å². The van der Waals surface area contributed by atoms with Crippen molar-refractivity contribution in [2.45, 2.75) is 30.9 Å². The van der Waals surface area contributed by atoms with Gasteiger partial charge in [-0.1, -0.05) is 19.1 Å². The van der Waals surface area contributed by atoms with E-state index < -0.39 is 10.0 Å². The van der Waals surface area contributed by atoms with Crippen LogP contribution in [-0.4, -0.2) is 45.1 Å². The van der Waals surface area contributed by atoms with Crippen LogP contribution in [0.2, 0.25) is 0 Å². The van der Waals surface area contributed by atoms with Gasteiger partial charge in [0.15, 0.2) is 0 Å². The third-order valence-electron chi connectivity index (χ3n) is 3.58. The molecule has 1 aromatic rings. The minimum absolute atomic E-state index is 0.0570. The monoisotopic (exact) mass is 327 g/mol. The Labute approximate surface area is 130 Å². The molecule has 1 aliphatic rings. The molecule has 22 heavy (non-hydrogen) atoms. The summed E-state index contributed by atoms with van der Waals surface area (Å²) in [7, 11) is -3.69. The molecule has 0 aromatic heterocycles. The van der Waals surface area contributed by atoms with E-state index in [4.69, 9.17) is 9.88 Å². The number of nitrogens with zero attached hydrogens (tertiary/aromatic N) is 1. The first-order valence-corrected chi connectivity index (χ1v) is 8.71. The van der Waals surface area contributed by atoms with E-state index in [-0.39, 0.29) is 17.0 Å². The van der Waals surface area contributed by atoms with Gasteiger partial charge in [0.25, 0.3) is 0 Å². The average Bonchev–Trinajstić information content (AvgIpc) is 2.52. The lowest BCUT2D eigenvalue weighted by Crippen LogP contribution is -2.49. The summed E-state index contributed by atoms with van der Waals surface area (Å²) in [4.78, 5) is 13.9. The first kappa shape index (κ1) is 16.7. The summed E-state index contributed by atoms with van der Waals surface area (Å²) in [6, 6.07) is 5.98. The van der Waals surface area contributed by atoms with Crippen LogP contribution < -0.4 is 10.5 Å². The molecule has 1 fully saturated rings. The Balaban J connectivity index is 1.88. The number of primary sulfonamides is 1. The molecule has 0 unspecified atom stereocenters. The minimum Gasteiger partial charge on any atom is -0.375 e. The third-order valence-corrected chi connectivity index (χ3v) is 4.51. The van der Waals surface area contributed by atoms with Gasteiger partial charge in [0, 0.05) is 19.6 Å². The van der Waals surface area contributed by atoms with Crippen molar-refractivity contribution in [1.29, 1.82) is 0 Å². The zero-order valence-electron chi connectivity index (χ0n) is 12.5. The van der Waals surface area contributed by atoms with Crippen molar-refractivity contribution in [1.82, 2.24) is 10.2 Å². The molecular weight excluding hydrogens is 306 g/mol. The van der Waals surface area contributed by atoms with E-state index in [2.05, 4.69) is 5.32 Å². The molecule has 0 saturated carbocycles. The highest BCUT2D eigenvalue weighted by Crippen LogP contribution is 2.10. The Kier molecular flexibility index (Phi) is 5.38. The number of nitrogens with one attached hydrogen (secondary N) is 1. The fraction of sp³-hybridized carbons (Fsp3) is 0.500. The van der Waals surface area contributed by atoms with E-state index in [1.165, 1.54) is 12.1 Å². The van der Waals surface area contributed by atoms with Crippen LogP contribution in [0.3, 0.4) is 0 Å². The molecule has 2 amide bonds. The van der Waals surface area contributed by atoms with Crippen molar-refractivity contribution in [3.8, 4) is 0 Å². The number of nitrogens with two attached hydrogens (primary N) is 1. The number of carbonyl (C=O) groups excluding carboxylic acids is 1. The number of morpholine rings is 1. The van der Waals surface area contributed by atoms with Gasteiger partial charge in [-0.25, -0.2) is 18.4 Å². The second-order valence-electron chi connectivity index (χ2n) is 5.19. The fourth-order valence-electron chi connectivity index (χ4n) is 2.24. The maximum Gasteiger partial charge on any atom is 0.317 e. The molecule has 1 aliphatic heterocycles. The minimum atomic E-state index is -3.69. The number of urea groups is 1. The van der Waals surface area contributed by atoms with E-state index in [1.807, 2.05) is 6.92 Å². The molecule has 3 N–H and O–H groups in total. The molecule has 8 heteroatoms. The Morgan fingerprint density at radius 2 is 2.09 bits per heavy atom. The molecule has 0 bridgehead atoms. The molecule has 0 radical (unpaired) electrons. The number of benzene rings is 1. The van der Waals surface area contributed by atoms with Crippen molar-refractivity contribution in [2.24, 2.45) is 5.14 Å². The second kappa shape index (κ2) is 7.08. The number of ether oxygens (including phenoxy) is 1. The lowest BCUT2D eigenvalue weighted by Gasteiger charge is -2.32. The van der Waals surface area contributed by atoms with Crippen LogP contribution in [0.4, 0.5) is 4.79 Å². The molecule has 1 saturated heterocycles. The smallest absolute Gasteiger partial charge is 0.317 e. The number of hydrogen-bond acceptors (Lipinski definition) is 4. The number of carbonyl (C=O) groups is 1. The standard InChI is InChI=1S/C14H21N3O4S/c1-2-12-10-17(7-8-21-12)14(18)16-9-11-3-5-13(6-4-11)22(15,19)20/h3-6,12H,2,7-10H2,1H3,(H,16,18)(H2,15,19,20)/t12-/m0/s1. The topological polar surface area (TPSA) is 102 Å². The summed E-state index contributed by atoms with van der Waals surface area (Å²) in [6.07, 6.45) is 0.965. The van der Waals surface area contributed by atoms with Crippen molar-refractivity contribution in [2.75, 3.05) is 19.7 Å². The van der Waals surface area contributed by atoms with Gasteiger partial charge in [0.2, 0.25) is 10.0 Å². The average molecular weight is 327 g/mol. The Morgan fingerprint density at radius 3 is 2.68 bits per heavy atom. The first-order chi connectivity index (χ1) is 10.4. The molecule has 2 rings (SSSR count). The molecule has 0 spiro atoms. The molecule has 122 valence electrons. The summed E-state index contributed by atoms with van der Waals surface area (Å²) in [5.41, 5.74) is 0.807. The fourth-order valence-corrected chi connectivity index (χ4v) is 2.75. The number of rotatable bonds is 4. The normalized spacial score (nSPS) is 19.0.